The molecule has 0 aliphatic rings. The van der Waals surface area contributed by atoms with Gasteiger partial charge in [-0.05, 0) is 129 Å². The smallest absolute Gasteiger partial charge is 0.545 e. The summed E-state index contributed by atoms with van der Waals surface area (Å²) in [6.45, 7) is 47.0. The Bertz CT molecular complexity index is 2150. The van der Waals surface area contributed by atoms with Crippen LogP contribution >= 0.6 is 0 Å². The van der Waals surface area contributed by atoms with E-state index in [1.54, 1.807) is 24.3 Å². The molecule has 0 saturated carbocycles. The van der Waals surface area contributed by atoms with Gasteiger partial charge < -0.3 is 58.6 Å². The third-order valence-electron chi connectivity index (χ3n) is 9.80. The molecule has 0 fully saturated rings. The van der Waals surface area contributed by atoms with Crippen molar-refractivity contribution in [3.63, 3.8) is 0 Å². The molecule has 0 aliphatic heterocycles. The second-order valence-corrected chi connectivity index (χ2v) is 25.7. The van der Waals surface area contributed by atoms with Crippen molar-refractivity contribution in [2.75, 3.05) is 0 Å². The largest absolute Gasteiger partial charge is 4.00 e. The van der Waals surface area contributed by atoms with E-state index >= 15 is 0 Å². The monoisotopic (exact) mass is 1090 g/mol. The topological polar surface area (TPSA) is 197 Å². The van der Waals surface area contributed by atoms with E-state index in [2.05, 4.69) is 0 Å². The quantitative estimate of drug-likeness (QED) is 0.162. The Balaban J connectivity index is 0.000000943. The third kappa shape index (κ3) is 22.9. The molecule has 0 saturated heterocycles. The van der Waals surface area contributed by atoms with E-state index in [0.717, 1.165) is 22.3 Å². The number of ether oxygens (including phenoxy) is 4. The van der Waals surface area contributed by atoms with Gasteiger partial charge in [0.2, 0.25) is 0 Å². The van der Waals surface area contributed by atoms with Crippen LogP contribution < -0.4 is 39.4 Å². The maximum atomic E-state index is 11.2. The molecule has 400 valence electrons. The summed E-state index contributed by atoms with van der Waals surface area (Å²) in [4.78, 5) is 44.8. The number of hydrogen-bond donors (Lipinski definition) is 0. The molecular weight excluding hydrogens is 1000 g/mol. The summed E-state index contributed by atoms with van der Waals surface area (Å²) in [5, 5.41) is 44.8. The number of carbonyl (C=O) groups excluding carboxylic acids is 4. The van der Waals surface area contributed by atoms with Crippen LogP contribution in [0.3, 0.4) is 0 Å². The van der Waals surface area contributed by atoms with Crippen LogP contribution in [0.25, 0.3) is 0 Å². The predicted octanol–water partition coefficient (Wildman–Crippen LogP) is 10.1. The van der Waals surface area contributed by atoms with Gasteiger partial charge in [0.1, 0.15) is 45.4 Å². The number of aromatic carboxylic acids is 4. The van der Waals surface area contributed by atoms with Crippen LogP contribution in [0.2, 0.25) is 0 Å². The number of carboxylic acids is 4. The third-order valence-corrected chi connectivity index (χ3v) is 9.80. The summed E-state index contributed by atoms with van der Waals surface area (Å²) in [5.74, 6) is -3.17. The molecule has 12 nitrogen and oxygen atoms in total. The normalized spacial score (nSPS) is 12.2. The molecule has 4 aromatic rings. The van der Waals surface area contributed by atoms with Crippen molar-refractivity contribution in [3.05, 3.63) is 117 Å². The first-order valence-corrected chi connectivity index (χ1v) is 24.2. The molecule has 0 unspecified atom stereocenters. The molecule has 0 aliphatic carbocycles. The van der Waals surface area contributed by atoms with Crippen molar-refractivity contribution in [1.29, 1.82) is 0 Å². The molecule has 4 rings (SSSR count). The van der Waals surface area contributed by atoms with E-state index in [9.17, 15) is 39.6 Å². The fourth-order valence-electron chi connectivity index (χ4n) is 6.82. The van der Waals surface area contributed by atoms with E-state index < -0.39 is 46.3 Å². The Labute approximate surface area is 456 Å². The van der Waals surface area contributed by atoms with E-state index in [1.165, 1.54) is 24.3 Å². The molecule has 0 aromatic heterocycles. The molecule has 0 heterocycles. The zero-order valence-electron chi connectivity index (χ0n) is 48.3. The molecule has 4 aromatic carbocycles. The van der Waals surface area contributed by atoms with Gasteiger partial charge in [0.25, 0.3) is 0 Å². The van der Waals surface area contributed by atoms with E-state index in [-0.39, 0.29) is 70.1 Å². The van der Waals surface area contributed by atoms with E-state index in [0.29, 0.717) is 23.0 Å². The molecule has 13 heteroatoms. The summed E-state index contributed by atoms with van der Waals surface area (Å²) < 4.78 is 23.3. The van der Waals surface area contributed by atoms with Gasteiger partial charge in [0, 0.05) is 44.5 Å². The summed E-state index contributed by atoms with van der Waals surface area (Å²) in [6, 6.07) is 20.6. The SMILES string of the molecule is CC(C)(C)Oc1c(C(=O)[O-])cccc1C(C)(C)C.CC(C)(C)Oc1c(C(=O)[O-])cccc1C(C)(C)C.CC(C)(C)Oc1c(C(=O)[O-])cccc1C(C)(C)C.CC(C)(C)Oc1c(C(=O)[O-])cccc1C(C)(C)C.[Zr+4]. The van der Waals surface area contributed by atoms with Gasteiger partial charge in [-0.3, -0.25) is 0 Å². The van der Waals surface area contributed by atoms with Crippen LogP contribution in [-0.2, 0) is 47.9 Å². The van der Waals surface area contributed by atoms with Crippen molar-refractivity contribution < 1.29 is 84.8 Å². The number of benzene rings is 4. The molecule has 0 amide bonds. The summed E-state index contributed by atoms with van der Waals surface area (Å²) in [5.41, 5.74) is 1.37. The molecule has 73 heavy (non-hydrogen) atoms. The Morgan fingerprint density at radius 3 is 0.521 bits per heavy atom. The second-order valence-electron chi connectivity index (χ2n) is 25.7. The molecule has 0 radical (unpaired) electrons. The van der Waals surface area contributed by atoms with Crippen molar-refractivity contribution >= 4 is 23.9 Å². The van der Waals surface area contributed by atoms with E-state index in [4.69, 9.17) is 18.9 Å². The van der Waals surface area contributed by atoms with Crippen LogP contribution in [0.5, 0.6) is 23.0 Å². The number of carbonyl (C=O) groups is 4. The minimum absolute atomic E-state index is 0. The maximum absolute atomic E-state index is 11.2. The second kappa shape index (κ2) is 25.4. The molecule has 0 spiro atoms. The summed E-state index contributed by atoms with van der Waals surface area (Å²) in [7, 11) is 0. The first-order valence-electron chi connectivity index (χ1n) is 24.2. The minimum Gasteiger partial charge on any atom is -0.545 e. The van der Waals surface area contributed by atoms with Gasteiger partial charge in [0.15, 0.2) is 0 Å². The average Bonchev–Trinajstić information content (AvgIpc) is 3.14. The van der Waals surface area contributed by atoms with Crippen LogP contribution in [0.4, 0.5) is 0 Å². The zero-order valence-corrected chi connectivity index (χ0v) is 50.8. The van der Waals surface area contributed by atoms with Crippen LogP contribution in [0.15, 0.2) is 72.8 Å². The standard InChI is InChI=1S/4C15H22O3.Zr/c4*1-14(2,3)11-9-7-8-10(13(16)17)12(11)18-15(4,5)6;/h4*7-9H,1-6H3,(H,16,17);/q;;;;+4/p-4. The molecule has 0 bridgehead atoms. The average molecular weight is 1090 g/mol. The van der Waals surface area contributed by atoms with Crippen LogP contribution in [0, 0.1) is 0 Å². The summed E-state index contributed by atoms with van der Waals surface area (Å²) in [6.07, 6.45) is 0. The van der Waals surface area contributed by atoms with Crippen LogP contribution in [-0.4, -0.2) is 46.3 Å². The summed E-state index contributed by atoms with van der Waals surface area (Å²) >= 11 is 0. The fraction of sp³-hybridized carbons (Fsp3) is 0.533. The molecule has 0 N–H and O–H groups in total. The van der Waals surface area contributed by atoms with Crippen LogP contribution in [0.1, 0.15) is 230 Å². The van der Waals surface area contributed by atoms with Gasteiger partial charge in [0.05, 0.1) is 23.9 Å². The zero-order chi connectivity index (χ0) is 56.6. The minimum atomic E-state index is -1.21. The maximum Gasteiger partial charge on any atom is 4.00 e. The van der Waals surface area contributed by atoms with Crippen molar-refractivity contribution in [1.82, 2.24) is 0 Å². The van der Waals surface area contributed by atoms with Gasteiger partial charge in [-0.2, -0.15) is 0 Å². The Morgan fingerprint density at radius 1 is 0.288 bits per heavy atom. The number of hydrogen-bond acceptors (Lipinski definition) is 12. The Morgan fingerprint density at radius 2 is 0.425 bits per heavy atom. The molecule has 0 atom stereocenters. The van der Waals surface area contributed by atoms with Gasteiger partial charge in [-0.25, -0.2) is 0 Å². The Kier molecular flexibility index (Phi) is 23.6. The van der Waals surface area contributed by atoms with Crippen molar-refractivity contribution in [2.45, 2.75) is 210 Å². The van der Waals surface area contributed by atoms with E-state index in [1.807, 2.05) is 190 Å². The Hall–Kier alpha value is -5.16. The first-order chi connectivity index (χ1) is 32.1. The van der Waals surface area contributed by atoms with Crippen molar-refractivity contribution in [2.24, 2.45) is 0 Å². The molecular formula is C60H84O12Zr. The van der Waals surface area contributed by atoms with Crippen molar-refractivity contribution in [3.8, 4) is 23.0 Å². The fourth-order valence-corrected chi connectivity index (χ4v) is 6.82. The van der Waals surface area contributed by atoms with Gasteiger partial charge >= 0.3 is 26.2 Å². The van der Waals surface area contributed by atoms with Gasteiger partial charge in [-0.1, -0.05) is 132 Å². The number of rotatable bonds is 8. The number of carboxylic acid groups (broad SMARTS) is 4. The number of para-hydroxylation sites is 4. The van der Waals surface area contributed by atoms with Gasteiger partial charge in [-0.15, -0.1) is 0 Å². The predicted molar refractivity (Wildman–Crippen MR) is 279 cm³/mol. The first kappa shape index (κ1) is 67.8.